The van der Waals surface area contributed by atoms with Gasteiger partial charge in [0.05, 0.1) is 45.3 Å². The van der Waals surface area contributed by atoms with Crippen molar-refractivity contribution >= 4 is 11.0 Å². The Morgan fingerprint density at radius 1 is 0.969 bits per heavy atom. The van der Waals surface area contributed by atoms with Crippen LogP contribution < -0.4 is 14.2 Å². The zero-order chi connectivity index (χ0) is 22.3. The van der Waals surface area contributed by atoms with Gasteiger partial charge in [-0.3, -0.25) is 4.90 Å². The molecule has 0 aliphatic carbocycles. The largest absolute Gasteiger partial charge is 0.493 e. The molecule has 1 aliphatic heterocycles. The van der Waals surface area contributed by atoms with Crippen molar-refractivity contribution in [3.63, 3.8) is 0 Å². The Bertz CT molecular complexity index is 986. The maximum absolute atomic E-state index is 6.02. The van der Waals surface area contributed by atoms with Gasteiger partial charge in [-0.05, 0) is 61.7 Å². The average Bonchev–Trinajstić information content (AvgIpc) is 3.25. The highest BCUT2D eigenvalue weighted by atomic mass is 16.5. The number of aromatic nitrogens is 2. The number of hydrogen-bond acceptors (Lipinski definition) is 6. The van der Waals surface area contributed by atoms with Gasteiger partial charge in [0.1, 0.15) is 0 Å². The molecule has 2 heterocycles. The zero-order valence-electron chi connectivity index (χ0n) is 19.3. The smallest absolute Gasteiger partial charge is 0.203 e. The quantitative estimate of drug-likeness (QED) is 0.445. The van der Waals surface area contributed by atoms with E-state index in [9.17, 15) is 0 Å². The molecule has 1 fully saturated rings. The number of methoxy groups -OCH3 is 3. The van der Waals surface area contributed by atoms with Crippen LogP contribution in [0.4, 0.5) is 0 Å². The van der Waals surface area contributed by atoms with Crippen LogP contribution in [0.1, 0.15) is 18.4 Å². The van der Waals surface area contributed by atoms with E-state index in [-0.39, 0.29) is 0 Å². The summed E-state index contributed by atoms with van der Waals surface area (Å²) >= 11 is 0. The second-order valence-electron chi connectivity index (χ2n) is 8.25. The molecule has 7 nitrogen and oxygen atoms in total. The van der Waals surface area contributed by atoms with E-state index in [1.807, 2.05) is 36.7 Å². The molecule has 0 saturated carbocycles. The molecule has 7 heteroatoms. The fourth-order valence-electron chi connectivity index (χ4n) is 4.40. The van der Waals surface area contributed by atoms with Crippen LogP contribution in [0.25, 0.3) is 11.0 Å². The molecule has 3 aromatic rings. The van der Waals surface area contributed by atoms with Gasteiger partial charge in [0, 0.05) is 19.7 Å². The molecule has 1 aliphatic rings. The van der Waals surface area contributed by atoms with Gasteiger partial charge in [0.25, 0.3) is 0 Å². The van der Waals surface area contributed by atoms with Crippen molar-refractivity contribution < 1.29 is 18.9 Å². The number of para-hydroxylation sites is 2. The second kappa shape index (κ2) is 10.7. The molecule has 2 aromatic carbocycles. The highest BCUT2D eigenvalue weighted by Gasteiger charge is 2.21. The van der Waals surface area contributed by atoms with Crippen molar-refractivity contribution in [2.45, 2.75) is 25.9 Å². The van der Waals surface area contributed by atoms with Gasteiger partial charge in [-0.2, -0.15) is 0 Å². The van der Waals surface area contributed by atoms with Crippen LogP contribution in [0, 0.1) is 5.92 Å². The summed E-state index contributed by atoms with van der Waals surface area (Å²) in [6, 6.07) is 12.3. The molecule has 0 N–H and O–H groups in total. The van der Waals surface area contributed by atoms with E-state index in [4.69, 9.17) is 18.9 Å². The summed E-state index contributed by atoms with van der Waals surface area (Å²) in [5, 5.41) is 0. The number of nitrogens with zero attached hydrogens (tertiary/aromatic N) is 3. The Labute approximate surface area is 189 Å². The number of hydrogen-bond donors (Lipinski definition) is 0. The van der Waals surface area contributed by atoms with E-state index in [1.165, 1.54) is 5.56 Å². The van der Waals surface area contributed by atoms with Gasteiger partial charge in [0.2, 0.25) is 5.75 Å². The van der Waals surface area contributed by atoms with E-state index >= 15 is 0 Å². The number of fused-ring (bicyclic) bond motifs is 1. The topological polar surface area (TPSA) is 58.0 Å². The van der Waals surface area contributed by atoms with E-state index in [0.717, 1.165) is 56.7 Å². The van der Waals surface area contributed by atoms with Crippen LogP contribution in [0.2, 0.25) is 0 Å². The van der Waals surface area contributed by atoms with E-state index < -0.39 is 0 Å². The predicted octanol–water partition coefficient (Wildman–Crippen LogP) is 3.99. The third-order valence-electron chi connectivity index (χ3n) is 6.20. The fourth-order valence-corrected chi connectivity index (χ4v) is 4.40. The minimum atomic E-state index is 0.616. The molecule has 1 aromatic heterocycles. The third kappa shape index (κ3) is 5.16. The first-order valence-corrected chi connectivity index (χ1v) is 11.2. The first-order chi connectivity index (χ1) is 15.7. The van der Waals surface area contributed by atoms with Crippen molar-refractivity contribution in [3.05, 3.63) is 48.3 Å². The standard InChI is InChI=1S/C25H33N3O4/c1-29-23-14-20(15-24(30-2)25(23)31-3)16-27-10-8-19(9-11-27)17-32-13-12-28-18-26-21-6-4-5-7-22(21)28/h4-7,14-15,18-19H,8-13,16-17H2,1-3H3. The summed E-state index contributed by atoms with van der Waals surface area (Å²) in [6.45, 7) is 5.38. The second-order valence-corrected chi connectivity index (χ2v) is 8.25. The first-order valence-electron chi connectivity index (χ1n) is 11.2. The highest BCUT2D eigenvalue weighted by Crippen LogP contribution is 2.38. The molecular weight excluding hydrogens is 406 g/mol. The van der Waals surface area contributed by atoms with Crippen molar-refractivity contribution in [1.29, 1.82) is 0 Å². The van der Waals surface area contributed by atoms with Crippen LogP contribution in [0.15, 0.2) is 42.7 Å². The number of imidazole rings is 1. The molecule has 0 unspecified atom stereocenters. The Morgan fingerprint density at radius 2 is 1.69 bits per heavy atom. The lowest BCUT2D eigenvalue weighted by molar-refractivity contribution is 0.0616. The van der Waals surface area contributed by atoms with Crippen LogP contribution in [0.3, 0.4) is 0 Å². The minimum Gasteiger partial charge on any atom is -0.493 e. The van der Waals surface area contributed by atoms with Gasteiger partial charge in [-0.15, -0.1) is 0 Å². The molecular formula is C25H33N3O4. The molecule has 0 bridgehead atoms. The number of piperidine rings is 1. The lowest BCUT2D eigenvalue weighted by atomic mass is 9.97. The third-order valence-corrected chi connectivity index (χ3v) is 6.20. The molecule has 1 saturated heterocycles. The Balaban J connectivity index is 1.21. The van der Waals surface area contributed by atoms with E-state index in [1.54, 1.807) is 21.3 Å². The normalized spacial score (nSPS) is 15.2. The summed E-state index contributed by atoms with van der Waals surface area (Å²) in [7, 11) is 4.94. The molecule has 0 spiro atoms. The molecule has 0 radical (unpaired) electrons. The van der Waals surface area contributed by atoms with Crippen molar-refractivity contribution in [2.24, 2.45) is 5.92 Å². The lowest BCUT2D eigenvalue weighted by Crippen LogP contribution is -2.34. The summed E-state index contributed by atoms with van der Waals surface area (Å²) < 4.78 is 24.6. The average molecular weight is 440 g/mol. The fraction of sp³-hybridized carbons (Fsp3) is 0.480. The SMILES string of the molecule is COc1cc(CN2CCC(COCCn3cnc4ccccc43)CC2)cc(OC)c1OC. The van der Waals surface area contributed by atoms with Gasteiger partial charge < -0.3 is 23.5 Å². The summed E-state index contributed by atoms with van der Waals surface area (Å²) in [6.07, 6.45) is 4.20. The Kier molecular flexibility index (Phi) is 7.50. The highest BCUT2D eigenvalue weighted by molar-refractivity contribution is 5.74. The van der Waals surface area contributed by atoms with Crippen molar-refractivity contribution in [2.75, 3.05) is 47.6 Å². The maximum atomic E-state index is 6.02. The molecule has 0 atom stereocenters. The molecule has 32 heavy (non-hydrogen) atoms. The van der Waals surface area contributed by atoms with Crippen LogP contribution >= 0.6 is 0 Å². The summed E-state index contributed by atoms with van der Waals surface area (Å²) in [5.41, 5.74) is 3.37. The molecule has 4 rings (SSSR count). The van der Waals surface area contributed by atoms with Gasteiger partial charge in [-0.25, -0.2) is 4.98 Å². The Morgan fingerprint density at radius 3 is 2.38 bits per heavy atom. The van der Waals surface area contributed by atoms with Gasteiger partial charge in [0.15, 0.2) is 11.5 Å². The van der Waals surface area contributed by atoms with Crippen LogP contribution in [0.5, 0.6) is 17.2 Å². The minimum absolute atomic E-state index is 0.616. The lowest BCUT2D eigenvalue weighted by Gasteiger charge is -2.32. The summed E-state index contributed by atoms with van der Waals surface area (Å²) in [5.74, 6) is 2.66. The number of likely N-dealkylation sites (tertiary alicyclic amines) is 1. The van der Waals surface area contributed by atoms with Crippen LogP contribution in [-0.2, 0) is 17.8 Å². The monoisotopic (exact) mass is 439 g/mol. The Hall–Kier alpha value is -2.77. The van der Waals surface area contributed by atoms with Crippen molar-refractivity contribution in [1.82, 2.24) is 14.5 Å². The first kappa shape index (κ1) is 22.4. The van der Waals surface area contributed by atoms with Crippen LogP contribution in [-0.4, -0.2) is 62.1 Å². The van der Waals surface area contributed by atoms with Gasteiger partial charge >= 0.3 is 0 Å². The maximum Gasteiger partial charge on any atom is 0.203 e. The van der Waals surface area contributed by atoms with E-state index in [2.05, 4.69) is 20.5 Å². The predicted molar refractivity (Wildman–Crippen MR) is 125 cm³/mol. The number of benzene rings is 2. The number of ether oxygens (including phenoxy) is 4. The molecule has 172 valence electrons. The molecule has 0 amide bonds. The van der Waals surface area contributed by atoms with E-state index in [0.29, 0.717) is 29.8 Å². The van der Waals surface area contributed by atoms with Crippen molar-refractivity contribution in [3.8, 4) is 17.2 Å². The zero-order valence-corrected chi connectivity index (χ0v) is 19.3. The van der Waals surface area contributed by atoms with Gasteiger partial charge in [-0.1, -0.05) is 12.1 Å². The number of rotatable bonds is 10. The summed E-state index contributed by atoms with van der Waals surface area (Å²) in [4.78, 5) is 6.92.